The summed E-state index contributed by atoms with van der Waals surface area (Å²) < 4.78 is 0. The van der Waals surface area contributed by atoms with Crippen LogP contribution in [-0.2, 0) is 4.79 Å². The topological polar surface area (TPSA) is 65.2 Å². The van der Waals surface area contributed by atoms with E-state index in [0.717, 1.165) is 49.0 Å². The van der Waals surface area contributed by atoms with Crippen molar-refractivity contribution in [3.8, 4) is 0 Å². The quantitative estimate of drug-likeness (QED) is 0.810. The number of rotatable bonds is 3. The van der Waals surface area contributed by atoms with Gasteiger partial charge in [0.1, 0.15) is 5.69 Å². The second-order valence-electron chi connectivity index (χ2n) is 8.16. The highest BCUT2D eigenvalue weighted by Crippen LogP contribution is 2.23. The number of piperidine rings is 1. The first-order valence-electron chi connectivity index (χ1n) is 10.2. The fourth-order valence-electron chi connectivity index (χ4n) is 4.33. The number of amides is 2. The molecule has 144 valence electrons. The number of nitrogens with one attached hydrogen (secondary N) is 2. The van der Waals surface area contributed by atoms with Crippen LogP contribution in [0.1, 0.15) is 78.7 Å². The van der Waals surface area contributed by atoms with Gasteiger partial charge in [-0.05, 0) is 57.6 Å². The Morgan fingerprint density at radius 1 is 0.962 bits per heavy atom. The maximum absolute atomic E-state index is 13.0. The van der Waals surface area contributed by atoms with Gasteiger partial charge in [0.25, 0.3) is 5.91 Å². The Morgan fingerprint density at radius 3 is 2.27 bits per heavy atom. The van der Waals surface area contributed by atoms with E-state index in [2.05, 4.69) is 10.3 Å². The molecule has 1 aromatic heterocycles. The van der Waals surface area contributed by atoms with Gasteiger partial charge in [-0.25, -0.2) is 0 Å². The van der Waals surface area contributed by atoms with Crippen molar-refractivity contribution in [2.75, 3.05) is 13.1 Å². The minimum absolute atomic E-state index is 0.0330. The zero-order valence-electron chi connectivity index (χ0n) is 16.5. The molecule has 2 amide bonds. The molecule has 5 nitrogen and oxygen atoms in total. The average molecular weight is 360 g/mol. The molecule has 1 saturated heterocycles. The SMILES string of the molecule is Cc1[nH]c(C(=O)N2CCC[C@@H](C(=O)NC3CCCCCC3)C2)c(C)c1C. The van der Waals surface area contributed by atoms with E-state index in [9.17, 15) is 9.59 Å². The van der Waals surface area contributed by atoms with Crippen LogP contribution in [0.3, 0.4) is 0 Å². The number of likely N-dealkylation sites (tertiary alicyclic amines) is 1. The predicted octanol–water partition coefficient (Wildman–Crippen LogP) is 3.63. The number of carbonyl (C=O) groups excluding carboxylic acids is 2. The van der Waals surface area contributed by atoms with Gasteiger partial charge in [0.2, 0.25) is 5.91 Å². The molecule has 1 saturated carbocycles. The third kappa shape index (κ3) is 4.13. The van der Waals surface area contributed by atoms with E-state index in [4.69, 9.17) is 0 Å². The minimum Gasteiger partial charge on any atom is -0.354 e. The normalized spacial score (nSPS) is 22.1. The number of hydrogen-bond acceptors (Lipinski definition) is 2. The van der Waals surface area contributed by atoms with E-state index in [1.807, 2.05) is 25.7 Å². The summed E-state index contributed by atoms with van der Waals surface area (Å²) in [5.41, 5.74) is 3.90. The molecule has 5 heteroatoms. The van der Waals surface area contributed by atoms with Gasteiger partial charge in [0.15, 0.2) is 0 Å². The Balaban J connectivity index is 1.62. The van der Waals surface area contributed by atoms with Crippen molar-refractivity contribution < 1.29 is 9.59 Å². The van der Waals surface area contributed by atoms with Crippen molar-refractivity contribution in [2.45, 2.75) is 78.2 Å². The molecule has 3 rings (SSSR count). The average Bonchev–Trinajstić information content (AvgIpc) is 2.84. The Kier molecular flexibility index (Phi) is 6.05. The number of aromatic amines is 1. The van der Waals surface area contributed by atoms with Crippen molar-refractivity contribution in [3.05, 3.63) is 22.5 Å². The summed E-state index contributed by atoms with van der Waals surface area (Å²) in [6, 6.07) is 0.326. The number of hydrogen-bond donors (Lipinski definition) is 2. The first-order chi connectivity index (χ1) is 12.5. The Morgan fingerprint density at radius 2 is 1.65 bits per heavy atom. The third-order valence-corrected chi connectivity index (χ3v) is 6.31. The van der Waals surface area contributed by atoms with Crippen molar-refractivity contribution in [1.82, 2.24) is 15.2 Å². The fourth-order valence-corrected chi connectivity index (χ4v) is 4.33. The van der Waals surface area contributed by atoms with E-state index >= 15 is 0 Å². The van der Waals surface area contributed by atoms with Gasteiger partial charge in [-0.2, -0.15) is 0 Å². The molecule has 1 aliphatic heterocycles. The fraction of sp³-hybridized carbons (Fsp3) is 0.714. The van der Waals surface area contributed by atoms with Crippen LogP contribution >= 0.6 is 0 Å². The highest BCUT2D eigenvalue weighted by Gasteiger charge is 2.31. The molecule has 1 aliphatic carbocycles. The van der Waals surface area contributed by atoms with Crippen molar-refractivity contribution in [1.29, 1.82) is 0 Å². The van der Waals surface area contributed by atoms with Crippen LogP contribution in [0.25, 0.3) is 0 Å². The van der Waals surface area contributed by atoms with Crippen LogP contribution in [0.15, 0.2) is 0 Å². The van der Waals surface area contributed by atoms with Gasteiger partial charge in [-0.3, -0.25) is 9.59 Å². The molecule has 0 aromatic carbocycles. The molecule has 26 heavy (non-hydrogen) atoms. The maximum atomic E-state index is 13.0. The number of aryl methyl sites for hydroxylation is 1. The third-order valence-electron chi connectivity index (χ3n) is 6.31. The van der Waals surface area contributed by atoms with E-state index < -0.39 is 0 Å². The van der Waals surface area contributed by atoms with Crippen LogP contribution in [0.4, 0.5) is 0 Å². The molecule has 0 bridgehead atoms. The number of aromatic nitrogens is 1. The van der Waals surface area contributed by atoms with Gasteiger partial charge in [-0.1, -0.05) is 25.7 Å². The highest BCUT2D eigenvalue weighted by molar-refractivity contribution is 5.95. The lowest BCUT2D eigenvalue weighted by Gasteiger charge is -2.33. The van der Waals surface area contributed by atoms with E-state index in [-0.39, 0.29) is 17.7 Å². The molecule has 1 atom stereocenters. The van der Waals surface area contributed by atoms with Gasteiger partial charge < -0.3 is 15.2 Å². The standard InChI is InChI=1S/C21H33N3O2/c1-14-15(2)19(22-16(14)3)21(26)24-12-8-9-17(13-24)20(25)23-18-10-6-4-5-7-11-18/h17-18,22H,4-13H2,1-3H3,(H,23,25)/t17-/m1/s1. The van der Waals surface area contributed by atoms with Crippen LogP contribution in [0.2, 0.25) is 0 Å². The summed E-state index contributed by atoms with van der Waals surface area (Å²) in [7, 11) is 0. The van der Waals surface area contributed by atoms with Gasteiger partial charge >= 0.3 is 0 Å². The van der Waals surface area contributed by atoms with E-state index in [1.54, 1.807) is 0 Å². The molecule has 0 spiro atoms. The summed E-state index contributed by atoms with van der Waals surface area (Å²) in [5, 5.41) is 3.27. The largest absolute Gasteiger partial charge is 0.354 e. The smallest absolute Gasteiger partial charge is 0.270 e. The summed E-state index contributed by atoms with van der Waals surface area (Å²) in [5.74, 6) is 0.101. The van der Waals surface area contributed by atoms with Gasteiger partial charge in [-0.15, -0.1) is 0 Å². The second-order valence-corrected chi connectivity index (χ2v) is 8.16. The number of carbonyl (C=O) groups is 2. The zero-order valence-corrected chi connectivity index (χ0v) is 16.5. The Labute approximate surface area is 156 Å². The number of nitrogens with zero attached hydrogens (tertiary/aromatic N) is 1. The molecule has 2 fully saturated rings. The Hall–Kier alpha value is -1.78. The van der Waals surface area contributed by atoms with E-state index in [0.29, 0.717) is 18.3 Å². The molecule has 2 aliphatic rings. The van der Waals surface area contributed by atoms with Gasteiger partial charge in [0, 0.05) is 24.8 Å². The molecule has 0 radical (unpaired) electrons. The summed E-state index contributed by atoms with van der Waals surface area (Å²) >= 11 is 0. The molecular formula is C21H33N3O2. The van der Waals surface area contributed by atoms with Crippen molar-refractivity contribution >= 4 is 11.8 Å². The molecule has 2 N–H and O–H groups in total. The van der Waals surface area contributed by atoms with Crippen LogP contribution in [0.5, 0.6) is 0 Å². The molecule has 1 aromatic rings. The van der Waals surface area contributed by atoms with Crippen molar-refractivity contribution in [2.24, 2.45) is 5.92 Å². The Bertz CT molecular complexity index is 656. The van der Waals surface area contributed by atoms with Crippen LogP contribution < -0.4 is 5.32 Å². The minimum atomic E-state index is -0.0755. The first-order valence-corrected chi connectivity index (χ1v) is 10.2. The summed E-state index contributed by atoms with van der Waals surface area (Å²) in [6.45, 7) is 7.30. The lowest BCUT2D eigenvalue weighted by molar-refractivity contribution is -0.127. The second kappa shape index (κ2) is 8.28. The monoisotopic (exact) mass is 359 g/mol. The molecule has 2 heterocycles. The molecule has 0 unspecified atom stereocenters. The van der Waals surface area contributed by atoms with Gasteiger partial charge in [0.05, 0.1) is 5.92 Å². The number of H-pyrrole nitrogens is 1. The summed E-state index contributed by atoms with van der Waals surface area (Å²) in [6.07, 6.45) is 8.97. The predicted molar refractivity (Wildman–Crippen MR) is 103 cm³/mol. The van der Waals surface area contributed by atoms with E-state index in [1.165, 1.54) is 25.7 Å². The van der Waals surface area contributed by atoms with Crippen LogP contribution in [-0.4, -0.2) is 40.8 Å². The summed E-state index contributed by atoms with van der Waals surface area (Å²) in [4.78, 5) is 30.8. The maximum Gasteiger partial charge on any atom is 0.270 e. The lowest BCUT2D eigenvalue weighted by Crippen LogP contribution is -2.47. The molecular weight excluding hydrogens is 326 g/mol. The van der Waals surface area contributed by atoms with Crippen molar-refractivity contribution in [3.63, 3.8) is 0 Å². The van der Waals surface area contributed by atoms with Crippen LogP contribution in [0, 0.1) is 26.7 Å². The zero-order chi connectivity index (χ0) is 18.7. The lowest BCUT2D eigenvalue weighted by atomic mass is 9.95. The highest BCUT2D eigenvalue weighted by atomic mass is 16.2. The first kappa shape index (κ1) is 19.0.